The number of nitrogens with one attached hydrogen (secondary N) is 1. The summed E-state index contributed by atoms with van der Waals surface area (Å²) in [5.41, 5.74) is 2.76. The van der Waals surface area contributed by atoms with Gasteiger partial charge in [0.2, 0.25) is 10.0 Å². The van der Waals surface area contributed by atoms with Crippen LogP contribution in [0.15, 0.2) is 47.4 Å². The van der Waals surface area contributed by atoms with E-state index in [1.165, 1.54) is 0 Å². The van der Waals surface area contributed by atoms with E-state index in [9.17, 15) is 8.42 Å². The first kappa shape index (κ1) is 24.2. The van der Waals surface area contributed by atoms with Crippen molar-refractivity contribution >= 4 is 15.7 Å². The highest BCUT2D eigenvalue weighted by atomic mass is 32.2. The van der Waals surface area contributed by atoms with E-state index in [-0.39, 0.29) is 22.3 Å². The number of anilines is 1. The third kappa shape index (κ3) is 3.51. The van der Waals surface area contributed by atoms with Gasteiger partial charge in [0.25, 0.3) is 0 Å². The summed E-state index contributed by atoms with van der Waals surface area (Å²) in [6, 6.07) is 12.4. The number of benzene rings is 2. The fraction of sp³-hybridized carbons (Fsp3) is 0.556. The van der Waals surface area contributed by atoms with Crippen LogP contribution in [0.1, 0.15) is 38.8 Å². The van der Waals surface area contributed by atoms with Crippen LogP contribution in [-0.4, -0.2) is 62.7 Å². The van der Waals surface area contributed by atoms with Crippen LogP contribution in [0.2, 0.25) is 0 Å². The maximum atomic E-state index is 14.2. The predicted molar refractivity (Wildman–Crippen MR) is 134 cm³/mol. The normalized spacial score (nSPS) is 34.2. The van der Waals surface area contributed by atoms with Crippen molar-refractivity contribution in [1.29, 1.82) is 0 Å². The van der Waals surface area contributed by atoms with Gasteiger partial charge in [0.1, 0.15) is 18.0 Å². The highest BCUT2D eigenvalue weighted by Crippen LogP contribution is 2.53. The summed E-state index contributed by atoms with van der Waals surface area (Å²) in [7, 11) is -2.18. The molecule has 4 heterocycles. The molecule has 0 bridgehead atoms. The minimum atomic E-state index is -3.83. The molecule has 0 aromatic heterocycles. The maximum absolute atomic E-state index is 14.2. The van der Waals surface area contributed by atoms with E-state index in [4.69, 9.17) is 18.9 Å². The van der Waals surface area contributed by atoms with Crippen LogP contribution in [-0.2, 0) is 29.6 Å². The molecular weight excluding hydrogens is 480 g/mol. The Bertz CT molecular complexity index is 1290. The molecule has 194 valence electrons. The summed E-state index contributed by atoms with van der Waals surface area (Å²) >= 11 is 0. The quantitative estimate of drug-likeness (QED) is 0.669. The first-order valence-electron chi connectivity index (χ1n) is 12.5. The van der Waals surface area contributed by atoms with Gasteiger partial charge in [-0.1, -0.05) is 31.5 Å². The predicted octanol–water partition coefficient (Wildman–Crippen LogP) is 3.64. The minimum Gasteiger partial charge on any atom is -0.497 e. The van der Waals surface area contributed by atoms with E-state index < -0.39 is 40.4 Å². The van der Waals surface area contributed by atoms with Crippen molar-refractivity contribution in [3.63, 3.8) is 0 Å². The van der Waals surface area contributed by atoms with E-state index in [0.29, 0.717) is 6.54 Å². The van der Waals surface area contributed by atoms with Crippen LogP contribution >= 0.6 is 0 Å². The standard InChI is InChI=1S/C27H34N2O6S/c1-15-7-10-17(11-8-15)36(30,31)29-14-19-21(23-22(29)24-25(33-23)35-27(4,5)34-24)28-20-12-9-16(32-6)13-18(20)26(19,2)3/h7-13,19,21-25,28H,14H2,1-6H3/t19-,21+,22-,23-,24-,25-/m1/s1. The second-order valence-corrected chi connectivity index (χ2v) is 13.2. The molecule has 4 aliphatic heterocycles. The molecule has 0 radical (unpaired) electrons. The van der Waals surface area contributed by atoms with Gasteiger partial charge in [-0.3, -0.25) is 0 Å². The largest absolute Gasteiger partial charge is 0.497 e. The summed E-state index contributed by atoms with van der Waals surface area (Å²) in [5.74, 6) is -0.139. The Balaban J connectivity index is 1.47. The van der Waals surface area contributed by atoms with Gasteiger partial charge in [0.15, 0.2) is 12.1 Å². The number of piperidine rings is 1. The molecule has 36 heavy (non-hydrogen) atoms. The Hall–Kier alpha value is -2.17. The number of sulfonamides is 1. The van der Waals surface area contributed by atoms with Crippen LogP contribution < -0.4 is 10.1 Å². The lowest BCUT2D eigenvalue weighted by Crippen LogP contribution is -2.67. The van der Waals surface area contributed by atoms with Crippen LogP contribution in [0, 0.1) is 12.8 Å². The van der Waals surface area contributed by atoms with Crippen molar-refractivity contribution < 1.29 is 27.4 Å². The Morgan fingerprint density at radius 2 is 1.75 bits per heavy atom. The lowest BCUT2D eigenvalue weighted by atomic mass is 9.64. The summed E-state index contributed by atoms with van der Waals surface area (Å²) in [6.07, 6.45) is -1.59. The second-order valence-electron chi connectivity index (χ2n) is 11.4. The SMILES string of the molecule is COc1ccc2c(c1)C(C)(C)[C@@H]1CN(S(=O)(=O)c3ccc(C)cc3)[C@@H]3[C@H](O[C@@H]4OC(C)(C)O[C@@H]43)[C@H]1N2. The number of rotatable bonds is 3. The third-order valence-corrected chi connectivity index (χ3v) is 10.2. The maximum Gasteiger partial charge on any atom is 0.243 e. The number of hydrogen-bond donors (Lipinski definition) is 1. The average molecular weight is 515 g/mol. The van der Waals surface area contributed by atoms with E-state index in [1.54, 1.807) is 23.5 Å². The molecule has 0 amide bonds. The zero-order valence-electron chi connectivity index (χ0n) is 21.5. The van der Waals surface area contributed by atoms with Gasteiger partial charge in [-0.2, -0.15) is 4.31 Å². The Morgan fingerprint density at radius 1 is 1.03 bits per heavy atom. The zero-order chi connectivity index (χ0) is 25.6. The van der Waals surface area contributed by atoms with Crippen molar-refractivity contribution in [2.24, 2.45) is 5.92 Å². The fourth-order valence-electron chi connectivity index (χ4n) is 6.45. The monoisotopic (exact) mass is 514 g/mol. The minimum absolute atomic E-state index is 0.0644. The molecule has 4 aliphatic rings. The highest BCUT2D eigenvalue weighted by molar-refractivity contribution is 7.89. The van der Waals surface area contributed by atoms with Crippen LogP contribution in [0.4, 0.5) is 5.69 Å². The molecule has 0 aliphatic carbocycles. The van der Waals surface area contributed by atoms with E-state index >= 15 is 0 Å². The zero-order valence-corrected chi connectivity index (χ0v) is 22.3. The summed E-state index contributed by atoms with van der Waals surface area (Å²) in [6.45, 7) is 10.3. The second kappa shape index (κ2) is 7.91. The Morgan fingerprint density at radius 3 is 2.44 bits per heavy atom. The summed E-state index contributed by atoms with van der Waals surface area (Å²) in [5, 5.41) is 3.69. The molecule has 3 saturated heterocycles. The van der Waals surface area contributed by atoms with Crippen molar-refractivity contribution in [1.82, 2.24) is 4.31 Å². The number of fused-ring (bicyclic) bond motifs is 6. The smallest absolute Gasteiger partial charge is 0.243 e. The molecular formula is C27H34N2O6S. The molecule has 6 rings (SSSR count). The number of methoxy groups -OCH3 is 1. The fourth-order valence-corrected chi connectivity index (χ4v) is 8.12. The number of hydrogen-bond acceptors (Lipinski definition) is 7. The van der Waals surface area contributed by atoms with Crippen LogP contribution in [0.5, 0.6) is 5.75 Å². The molecule has 0 spiro atoms. The summed E-state index contributed by atoms with van der Waals surface area (Å²) in [4.78, 5) is 0.274. The average Bonchev–Trinajstić information content (AvgIpc) is 3.31. The van der Waals surface area contributed by atoms with Gasteiger partial charge >= 0.3 is 0 Å². The first-order chi connectivity index (χ1) is 16.9. The molecule has 8 nitrogen and oxygen atoms in total. The Labute approximate surface area is 212 Å². The first-order valence-corrected chi connectivity index (χ1v) is 13.9. The van der Waals surface area contributed by atoms with Crippen molar-refractivity contribution in [3.8, 4) is 5.75 Å². The third-order valence-electron chi connectivity index (χ3n) is 8.35. The van der Waals surface area contributed by atoms with Gasteiger partial charge in [0, 0.05) is 18.2 Å². The number of aryl methyl sites for hydroxylation is 1. The van der Waals surface area contributed by atoms with Gasteiger partial charge in [-0.15, -0.1) is 0 Å². The topological polar surface area (TPSA) is 86.3 Å². The van der Waals surface area contributed by atoms with Gasteiger partial charge in [-0.05, 0) is 62.1 Å². The van der Waals surface area contributed by atoms with Crippen molar-refractivity contribution in [2.75, 3.05) is 19.0 Å². The number of ether oxygens (including phenoxy) is 4. The molecule has 2 aromatic carbocycles. The molecule has 0 saturated carbocycles. The summed E-state index contributed by atoms with van der Waals surface area (Å²) < 4.78 is 54.2. The van der Waals surface area contributed by atoms with Crippen molar-refractivity contribution in [2.45, 2.75) is 81.3 Å². The lowest BCUT2D eigenvalue weighted by Gasteiger charge is -2.54. The van der Waals surface area contributed by atoms with Crippen LogP contribution in [0.25, 0.3) is 0 Å². The molecule has 3 fully saturated rings. The van der Waals surface area contributed by atoms with Crippen LogP contribution in [0.3, 0.4) is 0 Å². The molecule has 2 aromatic rings. The molecule has 0 unspecified atom stereocenters. The molecule has 9 heteroatoms. The lowest BCUT2D eigenvalue weighted by molar-refractivity contribution is -0.216. The highest BCUT2D eigenvalue weighted by Gasteiger charge is 2.65. The Kier molecular flexibility index (Phi) is 5.32. The van der Waals surface area contributed by atoms with E-state index in [2.05, 4.69) is 19.2 Å². The van der Waals surface area contributed by atoms with Gasteiger partial charge in [0.05, 0.1) is 24.1 Å². The number of nitrogens with zero attached hydrogens (tertiary/aromatic N) is 1. The van der Waals surface area contributed by atoms with Crippen molar-refractivity contribution in [3.05, 3.63) is 53.6 Å². The van der Waals surface area contributed by atoms with E-state index in [1.807, 2.05) is 51.1 Å². The molecule has 1 N–H and O–H groups in total. The van der Waals surface area contributed by atoms with E-state index in [0.717, 1.165) is 22.6 Å². The van der Waals surface area contributed by atoms with Gasteiger partial charge in [-0.25, -0.2) is 8.42 Å². The molecule has 6 atom stereocenters. The van der Waals surface area contributed by atoms with Gasteiger partial charge < -0.3 is 24.3 Å².